The van der Waals surface area contributed by atoms with E-state index in [-0.39, 0.29) is 28.8 Å². The van der Waals surface area contributed by atoms with Crippen LogP contribution in [0.2, 0.25) is 5.02 Å². The predicted molar refractivity (Wildman–Crippen MR) is 92.3 cm³/mol. The van der Waals surface area contributed by atoms with Gasteiger partial charge in [-0.3, -0.25) is 9.59 Å². The van der Waals surface area contributed by atoms with Gasteiger partial charge in [0.2, 0.25) is 0 Å². The van der Waals surface area contributed by atoms with Crippen molar-refractivity contribution in [1.29, 1.82) is 0 Å². The summed E-state index contributed by atoms with van der Waals surface area (Å²) in [5.74, 6) is -3.12. The van der Waals surface area contributed by atoms with Crippen LogP contribution in [-0.2, 0) is 4.79 Å². The molecule has 2 heterocycles. The quantitative estimate of drug-likeness (QED) is 0.617. The third-order valence-corrected chi connectivity index (χ3v) is 3.66. The number of nitrogens with zero attached hydrogens (tertiary/aromatic N) is 3. The Morgan fingerprint density at radius 3 is 2.69 bits per heavy atom. The summed E-state index contributed by atoms with van der Waals surface area (Å²) in [6.07, 6.45) is 1.16. The van der Waals surface area contributed by atoms with Gasteiger partial charge in [-0.1, -0.05) is 17.7 Å². The van der Waals surface area contributed by atoms with Gasteiger partial charge >= 0.3 is 5.97 Å². The van der Waals surface area contributed by atoms with Crippen LogP contribution in [0.15, 0.2) is 30.6 Å². The lowest BCUT2D eigenvalue weighted by Crippen LogP contribution is -2.30. The van der Waals surface area contributed by atoms with Crippen LogP contribution in [0.1, 0.15) is 10.5 Å². The number of aliphatic carboxylic acids is 1. The van der Waals surface area contributed by atoms with Crippen molar-refractivity contribution in [2.75, 3.05) is 6.54 Å². The van der Waals surface area contributed by atoms with Crippen molar-refractivity contribution in [3.63, 3.8) is 0 Å². The second-order valence-electron chi connectivity index (χ2n) is 4.99. The molecule has 0 saturated carbocycles. The first-order chi connectivity index (χ1) is 11.9. The van der Waals surface area contributed by atoms with Crippen LogP contribution >= 0.6 is 24.0 Å². The summed E-state index contributed by atoms with van der Waals surface area (Å²) >= 11 is 5.78. The zero-order chi connectivity index (χ0) is 18.1. The minimum absolute atomic E-state index is 0. The molecule has 3 rings (SSSR count). The molecule has 0 aliphatic carbocycles. The van der Waals surface area contributed by atoms with Crippen molar-refractivity contribution < 1.29 is 24.2 Å². The van der Waals surface area contributed by atoms with E-state index < -0.39 is 30.0 Å². The number of pyridine rings is 1. The molecule has 0 aliphatic heterocycles. The molecule has 2 aromatic heterocycles. The molecule has 0 radical (unpaired) electrons. The fourth-order valence-corrected chi connectivity index (χ4v) is 2.48. The molecule has 0 saturated heterocycles. The van der Waals surface area contributed by atoms with Gasteiger partial charge in [0.05, 0.1) is 5.02 Å². The van der Waals surface area contributed by atoms with E-state index in [1.165, 1.54) is 18.2 Å². The van der Waals surface area contributed by atoms with Gasteiger partial charge in [0.1, 0.15) is 24.4 Å². The lowest BCUT2D eigenvalue weighted by atomic mass is 10.1. The summed E-state index contributed by atoms with van der Waals surface area (Å²) in [5.41, 5.74) is 0.760. The third-order valence-electron chi connectivity index (χ3n) is 3.37. The van der Waals surface area contributed by atoms with E-state index in [2.05, 4.69) is 15.4 Å². The Hall–Kier alpha value is -2.91. The molecule has 26 heavy (non-hydrogen) atoms. The van der Waals surface area contributed by atoms with Crippen LogP contribution in [0, 0.1) is 5.82 Å². The van der Waals surface area contributed by atoms with Crippen LogP contribution < -0.4 is 5.32 Å². The monoisotopic (exact) mass is 400 g/mol. The molecule has 1 amide bonds. The standard InChI is InChI=1S/C15H10ClFN4O4.ClH/c16-9-3-7(1-2-10(9)17)8-4-11(22)13(15(25)18-5-12(23)24)21-14(8)19-6-20-21;/h1-4,6,22H,5H2,(H,18,25)(H,23,24);1H. The highest BCUT2D eigenvalue weighted by Gasteiger charge is 2.21. The Morgan fingerprint density at radius 2 is 2.04 bits per heavy atom. The van der Waals surface area contributed by atoms with Gasteiger partial charge in [-0.15, -0.1) is 12.4 Å². The number of carboxylic acid groups (broad SMARTS) is 1. The number of carbonyl (C=O) groups is 2. The molecule has 3 aromatic rings. The van der Waals surface area contributed by atoms with Crippen LogP contribution in [0.3, 0.4) is 0 Å². The van der Waals surface area contributed by atoms with Crippen molar-refractivity contribution in [3.8, 4) is 16.9 Å². The maximum Gasteiger partial charge on any atom is 0.322 e. The maximum absolute atomic E-state index is 13.4. The number of halogens is 3. The number of aromatic nitrogens is 3. The molecular weight excluding hydrogens is 390 g/mol. The number of nitrogens with one attached hydrogen (secondary N) is 1. The first kappa shape index (κ1) is 19.4. The maximum atomic E-state index is 13.4. The van der Waals surface area contributed by atoms with E-state index in [0.29, 0.717) is 11.1 Å². The highest BCUT2D eigenvalue weighted by Crippen LogP contribution is 2.32. The van der Waals surface area contributed by atoms with E-state index in [0.717, 1.165) is 16.9 Å². The van der Waals surface area contributed by atoms with Crippen LogP contribution in [0.5, 0.6) is 5.75 Å². The first-order valence-corrected chi connectivity index (χ1v) is 7.27. The van der Waals surface area contributed by atoms with E-state index >= 15 is 0 Å². The molecule has 0 unspecified atom stereocenters. The van der Waals surface area contributed by atoms with E-state index in [4.69, 9.17) is 16.7 Å². The second kappa shape index (κ2) is 7.54. The van der Waals surface area contributed by atoms with Gasteiger partial charge in [-0.25, -0.2) is 13.9 Å². The molecule has 1 aromatic carbocycles. The Kier molecular flexibility index (Phi) is 5.63. The molecule has 0 spiro atoms. The fraction of sp³-hybridized carbons (Fsp3) is 0.0667. The number of carboxylic acids is 1. The molecule has 0 aliphatic rings. The number of hydrogen-bond acceptors (Lipinski definition) is 5. The number of rotatable bonds is 4. The number of aromatic hydroxyl groups is 1. The summed E-state index contributed by atoms with van der Waals surface area (Å²) in [5, 5.41) is 24.8. The molecule has 0 atom stereocenters. The minimum atomic E-state index is -1.24. The third kappa shape index (κ3) is 3.53. The van der Waals surface area contributed by atoms with Gasteiger partial charge in [-0.05, 0) is 23.8 Å². The van der Waals surface area contributed by atoms with Crippen molar-refractivity contribution in [3.05, 3.63) is 47.1 Å². The normalized spacial score (nSPS) is 10.4. The number of amides is 1. The SMILES string of the molecule is Cl.O=C(O)CNC(=O)c1c(O)cc(-c2ccc(F)c(Cl)c2)c2ncnn12. The molecule has 136 valence electrons. The molecule has 8 nitrogen and oxygen atoms in total. The summed E-state index contributed by atoms with van der Waals surface area (Å²) in [6.45, 7) is -0.621. The Morgan fingerprint density at radius 1 is 1.31 bits per heavy atom. The molecule has 11 heteroatoms. The van der Waals surface area contributed by atoms with Crippen LogP contribution in [0.4, 0.5) is 4.39 Å². The van der Waals surface area contributed by atoms with Gasteiger partial charge in [-0.2, -0.15) is 5.10 Å². The zero-order valence-corrected chi connectivity index (χ0v) is 14.4. The zero-order valence-electron chi connectivity index (χ0n) is 12.8. The summed E-state index contributed by atoms with van der Waals surface area (Å²) < 4.78 is 14.4. The largest absolute Gasteiger partial charge is 0.505 e. The van der Waals surface area contributed by atoms with Crippen molar-refractivity contribution in [2.24, 2.45) is 0 Å². The van der Waals surface area contributed by atoms with Crippen molar-refractivity contribution in [1.82, 2.24) is 19.9 Å². The number of hydrogen-bond donors (Lipinski definition) is 3. The lowest BCUT2D eigenvalue weighted by molar-refractivity contribution is -0.135. The highest BCUT2D eigenvalue weighted by atomic mass is 35.5. The van der Waals surface area contributed by atoms with Crippen LogP contribution in [0.25, 0.3) is 16.8 Å². The van der Waals surface area contributed by atoms with Crippen molar-refractivity contribution >= 4 is 41.5 Å². The van der Waals surface area contributed by atoms with Gasteiger partial charge < -0.3 is 15.5 Å². The summed E-state index contributed by atoms with van der Waals surface area (Å²) in [4.78, 5) is 26.7. The molecular formula is C15H11Cl2FN4O4. The highest BCUT2D eigenvalue weighted by molar-refractivity contribution is 6.31. The average molecular weight is 401 g/mol. The number of fused-ring (bicyclic) bond motifs is 1. The van der Waals surface area contributed by atoms with E-state index in [9.17, 15) is 19.1 Å². The van der Waals surface area contributed by atoms with E-state index in [1.807, 2.05) is 0 Å². The topological polar surface area (TPSA) is 117 Å². The molecule has 0 fully saturated rings. The summed E-state index contributed by atoms with van der Waals surface area (Å²) in [6, 6.07) is 5.21. The fourth-order valence-electron chi connectivity index (χ4n) is 2.30. The number of carbonyl (C=O) groups excluding carboxylic acids is 1. The molecule has 0 bridgehead atoms. The Labute approximate surface area is 156 Å². The Bertz CT molecular complexity index is 1010. The number of benzene rings is 1. The van der Waals surface area contributed by atoms with Crippen molar-refractivity contribution in [2.45, 2.75) is 0 Å². The van der Waals surface area contributed by atoms with Gasteiger partial charge in [0, 0.05) is 5.56 Å². The minimum Gasteiger partial charge on any atom is -0.505 e. The van der Waals surface area contributed by atoms with E-state index in [1.54, 1.807) is 0 Å². The first-order valence-electron chi connectivity index (χ1n) is 6.89. The average Bonchev–Trinajstić information content (AvgIpc) is 3.03. The summed E-state index contributed by atoms with van der Waals surface area (Å²) in [7, 11) is 0. The molecule has 3 N–H and O–H groups in total. The predicted octanol–water partition coefficient (Wildman–Crippen LogP) is 2.13. The van der Waals surface area contributed by atoms with Crippen LogP contribution in [-0.4, -0.2) is 43.2 Å². The van der Waals surface area contributed by atoms with Gasteiger partial charge in [0.25, 0.3) is 5.91 Å². The smallest absolute Gasteiger partial charge is 0.322 e. The second-order valence-corrected chi connectivity index (χ2v) is 5.40. The lowest BCUT2D eigenvalue weighted by Gasteiger charge is -2.11. The van der Waals surface area contributed by atoms with Gasteiger partial charge in [0.15, 0.2) is 11.3 Å². The Balaban J connectivity index is 0.00000243.